The summed E-state index contributed by atoms with van der Waals surface area (Å²) >= 11 is 0. The summed E-state index contributed by atoms with van der Waals surface area (Å²) in [6, 6.07) is 0. The Hall–Kier alpha value is -1.32. The smallest absolute Gasteiger partial charge is 0.327 e. The summed E-state index contributed by atoms with van der Waals surface area (Å²) in [4.78, 5) is 20.2. The summed E-state index contributed by atoms with van der Waals surface area (Å²) in [5, 5.41) is 8.19. The van der Waals surface area contributed by atoms with E-state index in [0.29, 0.717) is 19.4 Å². The number of ether oxygens (including phenoxy) is 1. The molecule has 0 heterocycles. The van der Waals surface area contributed by atoms with Crippen LogP contribution < -0.4 is 0 Å². The van der Waals surface area contributed by atoms with Crippen molar-refractivity contribution in [1.82, 2.24) is 0 Å². The number of carboxylic acids is 1. The average Bonchev–Trinajstić information content (AvgIpc) is 1.95. The third kappa shape index (κ3) is 8.68. The van der Waals surface area contributed by atoms with E-state index in [4.69, 9.17) is 5.11 Å². The predicted molar refractivity (Wildman–Crippen MR) is 42.6 cm³/mol. The number of carboxylic acid groups (broad SMARTS) is 1. The number of rotatable bonds is 5. The van der Waals surface area contributed by atoms with Gasteiger partial charge in [-0.2, -0.15) is 0 Å². The highest BCUT2D eigenvalue weighted by Gasteiger charge is 1.90. The van der Waals surface area contributed by atoms with Crippen molar-refractivity contribution < 1.29 is 19.4 Å². The number of esters is 1. The minimum absolute atomic E-state index is 0.308. The SMILES string of the molecule is CC(=O)OCCC/C=C/C(=O)O. The molecule has 12 heavy (non-hydrogen) atoms. The molecule has 0 atom stereocenters. The van der Waals surface area contributed by atoms with Crippen LogP contribution in [-0.2, 0) is 14.3 Å². The molecule has 0 saturated carbocycles. The first-order valence-electron chi connectivity index (χ1n) is 3.65. The summed E-state index contributed by atoms with van der Waals surface area (Å²) < 4.78 is 4.63. The second-order valence-corrected chi connectivity index (χ2v) is 2.22. The number of allylic oxidation sites excluding steroid dienone is 1. The van der Waals surface area contributed by atoms with Gasteiger partial charge in [-0.25, -0.2) is 4.79 Å². The van der Waals surface area contributed by atoms with E-state index in [2.05, 4.69) is 4.74 Å². The number of carbonyl (C=O) groups excluding carboxylic acids is 1. The minimum atomic E-state index is -0.956. The Morgan fingerprint density at radius 1 is 1.50 bits per heavy atom. The van der Waals surface area contributed by atoms with Gasteiger partial charge in [0.2, 0.25) is 0 Å². The molecular formula is C8H12O4. The quantitative estimate of drug-likeness (QED) is 0.381. The van der Waals surface area contributed by atoms with Gasteiger partial charge in [0.15, 0.2) is 0 Å². The van der Waals surface area contributed by atoms with Gasteiger partial charge in [0, 0.05) is 13.0 Å². The van der Waals surface area contributed by atoms with Gasteiger partial charge in [0.1, 0.15) is 0 Å². The lowest BCUT2D eigenvalue weighted by Gasteiger charge is -1.97. The van der Waals surface area contributed by atoms with Crippen LogP contribution in [0, 0.1) is 0 Å². The van der Waals surface area contributed by atoms with Crippen LogP contribution in [0.15, 0.2) is 12.2 Å². The van der Waals surface area contributed by atoms with Crippen LogP contribution in [0.1, 0.15) is 19.8 Å². The Balaban J connectivity index is 3.21. The van der Waals surface area contributed by atoms with Crippen molar-refractivity contribution in [3.05, 3.63) is 12.2 Å². The standard InChI is InChI=1S/C8H12O4/c1-7(9)12-6-4-2-3-5-8(10)11/h3,5H,2,4,6H2,1H3,(H,10,11)/b5-3+. The maximum atomic E-state index is 10.3. The molecule has 0 aromatic heterocycles. The van der Waals surface area contributed by atoms with Gasteiger partial charge in [-0.05, 0) is 12.8 Å². The van der Waals surface area contributed by atoms with Gasteiger partial charge < -0.3 is 9.84 Å². The van der Waals surface area contributed by atoms with E-state index in [1.54, 1.807) is 0 Å². The second kappa shape index (κ2) is 6.39. The van der Waals surface area contributed by atoms with E-state index in [0.717, 1.165) is 6.08 Å². The van der Waals surface area contributed by atoms with Crippen LogP contribution in [-0.4, -0.2) is 23.7 Å². The number of carbonyl (C=O) groups is 2. The number of unbranched alkanes of at least 4 members (excludes halogenated alkanes) is 1. The average molecular weight is 172 g/mol. The molecule has 0 aliphatic rings. The van der Waals surface area contributed by atoms with Gasteiger partial charge in [-0.1, -0.05) is 6.08 Å². The summed E-state index contributed by atoms with van der Waals surface area (Å²) in [5.41, 5.74) is 0. The zero-order valence-electron chi connectivity index (χ0n) is 6.95. The number of hydrogen-bond donors (Lipinski definition) is 1. The summed E-state index contributed by atoms with van der Waals surface area (Å²) in [6.45, 7) is 1.69. The lowest BCUT2D eigenvalue weighted by Crippen LogP contribution is -1.99. The molecule has 1 N–H and O–H groups in total. The zero-order valence-corrected chi connectivity index (χ0v) is 6.95. The van der Waals surface area contributed by atoms with E-state index in [-0.39, 0.29) is 5.97 Å². The first-order valence-corrected chi connectivity index (χ1v) is 3.65. The minimum Gasteiger partial charge on any atom is -0.478 e. The molecule has 0 fully saturated rings. The van der Waals surface area contributed by atoms with Crippen molar-refractivity contribution in [3.63, 3.8) is 0 Å². The molecule has 0 amide bonds. The molecule has 0 radical (unpaired) electrons. The number of aliphatic carboxylic acids is 1. The van der Waals surface area contributed by atoms with Crippen molar-refractivity contribution in [3.8, 4) is 0 Å². The van der Waals surface area contributed by atoms with Crippen molar-refractivity contribution in [2.75, 3.05) is 6.61 Å². The van der Waals surface area contributed by atoms with Crippen molar-refractivity contribution in [2.24, 2.45) is 0 Å². The molecule has 0 saturated heterocycles. The van der Waals surface area contributed by atoms with E-state index in [9.17, 15) is 9.59 Å². The molecule has 0 aliphatic carbocycles. The third-order valence-corrected chi connectivity index (χ3v) is 1.08. The molecule has 0 rings (SSSR count). The fourth-order valence-electron chi connectivity index (χ4n) is 0.601. The Kier molecular flexibility index (Phi) is 5.69. The van der Waals surface area contributed by atoms with Crippen molar-refractivity contribution in [1.29, 1.82) is 0 Å². The van der Waals surface area contributed by atoms with Crippen LogP contribution in [0.4, 0.5) is 0 Å². The van der Waals surface area contributed by atoms with Gasteiger partial charge in [0.05, 0.1) is 6.61 Å². The number of hydrogen-bond acceptors (Lipinski definition) is 3. The Morgan fingerprint density at radius 3 is 2.67 bits per heavy atom. The van der Waals surface area contributed by atoms with E-state index in [1.165, 1.54) is 13.0 Å². The van der Waals surface area contributed by atoms with Crippen LogP contribution in [0.5, 0.6) is 0 Å². The maximum absolute atomic E-state index is 10.3. The summed E-state index contributed by atoms with van der Waals surface area (Å²) in [7, 11) is 0. The zero-order chi connectivity index (χ0) is 9.40. The van der Waals surface area contributed by atoms with E-state index < -0.39 is 5.97 Å². The topological polar surface area (TPSA) is 63.6 Å². The van der Waals surface area contributed by atoms with Gasteiger partial charge in [-0.3, -0.25) is 4.79 Å². The van der Waals surface area contributed by atoms with Gasteiger partial charge in [-0.15, -0.1) is 0 Å². The Bertz CT molecular complexity index is 183. The fraction of sp³-hybridized carbons (Fsp3) is 0.500. The monoisotopic (exact) mass is 172 g/mol. The molecule has 0 aromatic carbocycles. The molecular weight excluding hydrogens is 160 g/mol. The normalized spacial score (nSPS) is 10.1. The predicted octanol–water partition coefficient (Wildman–Crippen LogP) is 0.970. The van der Waals surface area contributed by atoms with Crippen LogP contribution >= 0.6 is 0 Å². The molecule has 4 heteroatoms. The summed E-state index contributed by atoms with van der Waals surface area (Å²) in [6.07, 6.45) is 3.88. The maximum Gasteiger partial charge on any atom is 0.327 e. The van der Waals surface area contributed by atoms with Crippen molar-refractivity contribution in [2.45, 2.75) is 19.8 Å². The molecule has 0 unspecified atom stereocenters. The highest BCUT2D eigenvalue weighted by Crippen LogP contribution is 1.92. The molecule has 0 aromatic rings. The van der Waals surface area contributed by atoms with Crippen molar-refractivity contribution >= 4 is 11.9 Å². The Labute approximate surface area is 70.8 Å². The van der Waals surface area contributed by atoms with Crippen LogP contribution in [0.3, 0.4) is 0 Å². The first-order chi connectivity index (χ1) is 5.63. The second-order valence-electron chi connectivity index (χ2n) is 2.22. The van der Waals surface area contributed by atoms with Gasteiger partial charge in [0.25, 0.3) is 0 Å². The molecule has 0 bridgehead atoms. The molecule has 0 spiro atoms. The summed E-state index contributed by atoms with van der Waals surface area (Å²) in [5.74, 6) is -1.26. The highest BCUT2D eigenvalue weighted by molar-refractivity contribution is 5.79. The molecule has 4 nitrogen and oxygen atoms in total. The first kappa shape index (κ1) is 10.7. The Morgan fingerprint density at radius 2 is 2.17 bits per heavy atom. The van der Waals surface area contributed by atoms with Crippen LogP contribution in [0.2, 0.25) is 0 Å². The van der Waals surface area contributed by atoms with Crippen LogP contribution in [0.25, 0.3) is 0 Å². The molecule has 0 aliphatic heterocycles. The largest absolute Gasteiger partial charge is 0.478 e. The molecule has 68 valence electrons. The fourth-order valence-corrected chi connectivity index (χ4v) is 0.601. The van der Waals surface area contributed by atoms with E-state index >= 15 is 0 Å². The highest BCUT2D eigenvalue weighted by atomic mass is 16.5. The lowest BCUT2D eigenvalue weighted by molar-refractivity contribution is -0.141. The van der Waals surface area contributed by atoms with Gasteiger partial charge >= 0.3 is 11.9 Å². The van der Waals surface area contributed by atoms with E-state index in [1.807, 2.05) is 0 Å². The lowest BCUT2D eigenvalue weighted by atomic mass is 10.3. The third-order valence-electron chi connectivity index (χ3n) is 1.08.